The SMILES string of the molecule is O=S(=O)(NCc1ccc(-c2ccncc2)cc1)C1(Cl)CC1. The molecule has 1 aliphatic carbocycles. The first-order chi connectivity index (χ1) is 10.0. The number of rotatable bonds is 5. The molecule has 0 atom stereocenters. The summed E-state index contributed by atoms with van der Waals surface area (Å²) >= 11 is 5.95. The highest BCUT2D eigenvalue weighted by molar-refractivity contribution is 7.92. The Labute approximate surface area is 129 Å². The van der Waals surface area contributed by atoms with Gasteiger partial charge < -0.3 is 0 Å². The minimum Gasteiger partial charge on any atom is -0.265 e. The zero-order valence-corrected chi connectivity index (χ0v) is 12.9. The smallest absolute Gasteiger partial charge is 0.231 e. The summed E-state index contributed by atoms with van der Waals surface area (Å²) < 4.78 is 25.3. The lowest BCUT2D eigenvalue weighted by Gasteiger charge is -2.10. The van der Waals surface area contributed by atoms with E-state index in [9.17, 15) is 8.42 Å². The van der Waals surface area contributed by atoms with Gasteiger partial charge in [-0.25, -0.2) is 13.1 Å². The molecule has 0 spiro atoms. The summed E-state index contributed by atoms with van der Waals surface area (Å²) in [5, 5.41) is 0. The number of aromatic nitrogens is 1. The van der Waals surface area contributed by atoms with E-state index in [1.165, 1.54) is 0 Å². The first-order valence-electron chi connectivity index (χ1n) is 6.68. The number of sulfonamides is 1. The van der Waals surface area contributed by atoms with Gasteiger partial charge in [0.05, 0.1) is 0 Å². The molecular weight excluding hydrogens is 308 g/mol. The van der Waals surface area contributed by atoms with Crippen molar-refractivity contribution in [1.29, 1.82) is 0 Å². The van der Waals surface area contributed by atoms with E-state index >= 15 is 0 Å². The molecule has 6 heteroatoms. The Morgan fingerprint density at radius 1 is 1.05 bits per heavy atom. The zero-order chi connectivity index (χ0) is 14.9. The van der Waals surface area contributed by atoms with Crippen LogP contribution >= 0.6 is 11.6 Å². The van der Waals surface area contributed by atoms with Gasteiger partial charge in [0, 0.05) is 18.9 Å². The van der Waals surface area contributed by atoms with Crippen molar-refractivity contribution < 1.29 is 8.42 Å². The maximum absolute atomic E-state index is 11.9. The van der Waals surface area contributed by atoms with Crippen molar-refractivity contribution in [2.45, 2.75) is 23.6 Å². The molecular formula is C15H15ClN2O2S. The molecule has 2 aromatic rings. The van der Waals surface area contributed by atoms with Gasteiger partial charge in [-0.2, -0.15) is 0 Å². The molecule has 1 aliphatic rings. The van der Waals surface area contributed by atoms with E-state index in [0.29, 0.717) is 12.8 Å². The molecule has 4 nitrogen and oxygen atoms in total. The molecule has 0 unspecified atom stereocenters. The van der Waals surface area contributed by atoms with Crippen LogP contribution in [0.2, 0.25) is 0 Å². The maximum atomic E-state index is 11.9. The van der Waals surface area contributed by atoms with Gasteiger partial charge in [0.15, 0.2) is 4.21 Å². The monoisotopic (exact) mass is 322 g/mol. The summed E-state index contributed by atoms with van der Waals surface area (Å²) in [5.41, 5.74) is 3.05. The minimum absolute atomic E-state index is 0.257. The Hall–Kier alpha value is -1.43. The van der Waals surface area contributed by atoms with Crippen molar-refractivity contribution in [3.63, 3.8) is 0 Å². The largest absolute Gasteiger partial charge is 0.265 e. The van der Waals surface area contributed by atoms with Crippen LogP contribution in [0.3, 0.4) is 0 Å². The number of nitrogens with zero attached hydrogens (tertiary/aromatic N) is 1. The number of nitrogens with one attached hydrogen (secondary N) is 1. The van der Waals surface area contributed by atoms with Crippen molar-refractivity contribution in [3.8, 4) is 11.1 Å². The third kappa shape index (κ3) is 3.10. The molecule has 0 bridgehead atoms. The molecule has 21 heavy (non-hydrogen) atoms. The summed E-state index contributed by atoms with van der Waals surface area (Å²) in [4.78, 5) is 3.98. The van der Waals surface area contributed by atoms with Gasteiger partial charge in [0.2, 0.25) is 10.0 Å². The van der Waals surface area contributed by atoms with Crippen LogP contribution in [0.4, 0.5) is 0 Å². The van der Waals surface area contributed by atoms with Crippen molar-refractivity contribution in [1.82, 2.24) is 9.71 Å². The van der Waals surface area contributed by atoms with Gasteiger partial charge in [-0.1, -0.05) is 24.3 Å². The van der Waals surface area contributed by atoms with E-state index in [1.54, 1.807) is 12.4 Å². The Morgan fingerprint density at radius 3 is 2.19 bits per heavy atom. The van der Waals surface area contributed by atoms with Crippen LogP contribution in [-0.4, -0.2) is 17.6 Å². The van der Waals surface area contributed by atoms with Gasteiger partial charge in [-0.15, -0.1) is 11.6 Å². The first kappa shape index (κ1) is 14.5. The summed E-state index contributed by atoms with van der Waals surface area (Å²) in [5.74, 6) is 0. The molecule has 0 radical (unpaired) electrons. The molecule has 1 fully saturated rings. The van der Waals surface area contributed by atoms with E-state index in [4.69, 9.17) is 11.6 Å². The van der Waals surface area contributed by atoms with Crippen molar-refractivity contribution >= 4 is 21.6 Å². The highest BCUT2D eigenvalue weighted by Crippen LogP contribution is 2.46. The molecule has 3 rings (SSSR count). The quantitative estimate of drug-likeness (QED) is 0.861. The number of halogens is 1. The first-order valence-corrected chi connectivity index (χ1v) is 8.54. The molecule has 1 N–H and O–H groups in total. The van der Waals surface area contributed by atoms with Crippen LogP contribution in [0.5, 0.6) is 0 Å². The molecule has 1 aromatic carbocycles. The van der Waals surface area contributed by atoms with E-state index < -0.39 is 14.2 Å². The van der Waals surface area contributed by atoms with Gasteiger partial charge in [-0.05, 0) is 41.7 Å². The lowest BCUT2D eigenvalue weighted by atomic mass is 10.1. The Morgan fingerprint density at radius 2 is 1.62 bits per heavy atom. The molecule has 0 amide bonds. The van der Waals surface area contributed by atoms with Crippen molar-refractivity contribution in [2.24, 2.45) is 0 Å². The second-order valence-corrected chi connectivity index (χ2v) is 8.17. The lowest BCUT2D eigenvalue weighted by molar-refractivity contribution is 0.576. The zero-order valence-electron chi connectivity index (χ0n) is 11.3. The second-order valence-electron chi connectivity index (χ2n) is 5.14. The number of hydrogen-bond donors (Lipinski definition) is 1. The molecule has 0 saturated heterocycles. The lowest BCUT2D eigenvalue weighted by Crippen LogP contribution is -2.32. The second kappa shape index (κ2) is 5.40. The van der Waals surface area contributed by atoms with Crippen LogP contribution in [0.15, 0.2) is 48.8 Å². The van der Waals surface area contributed by atoms with Gasteiger partial charge in [-0.3, -0.25) is 4.98 Å². The third-order valence-electron chi connectivity index (χ3n) is 3.56. The van der Waals surface area contributed by atoms with Gasteiger partial charge in [0.1, 0.15) is 0 Å². The highest BCUT2D eigenvalue weighted by Gasteiger charge is 2.52. The molecule has 0 aliphatic heterocycles. The van der Waals surface area contributed by atoms with Crippen LogP contribution in [0, 0.1) is 0 Å². The minimum atomic E-state index is -3.44. The van der Waals surface area contributed by atoms with E-state index in [1.807, 2.05) is 36.4 Å². The summed E-state index contributed by atoms with van der Waals surface area (Å²) in [7, 11) is -3.44. The Bertz CT molecular complexity index is 726. The average molecular weight is 323 g/mol. The standard InChI is InChI=1S/C15H15ClN2O2S/c16-15(7-8-15)21(19,20)18-11-12-1-3-13(4-2-12)14-5-9-17-10-6-14/h1-6,9-10,18H,7-8,11H2. The Balaban J connectivity index is 1.68. The number of hydrogen-bond acceptors (Lipinski definition) is 3. The van der Waals surface area contributed by atoms with E-state index in [2.05, 4.69) is 9.71 Å². The van der Waals surface area contributed by atoms with Crippen molar-refractivity contribution in [3.05, 3.63) is 54.4 Å². The predicted octanol–water partition coefficient (Wildman–Crippen LogP) is 2.90. The number of benzene rings is 1. The molecule has 1 saturated carbocycles. The van der Waals surface area contributed by atoms with Crippen molar-refractivity contribution in [2.75, 3.05) is 0 Å². The highest BCUT2D eigenvalue weighted by atomic mass is 35.5. The fourth-order valence-corrected chi connectivity index (χ4v) is 3.55. The average Bonchev–Trinajstić information content (AvgIpc) is 3.26. The number of pyridine rings is 1. The topological polar surface area (TPSA) is 59.1 Å². The Kier molecular flexibility index (Phi) is 3.73. The van der Waals surface area contributed by atoms with E-state index in [-0.39, 0.29) is 6.54 Å². The fraction of sp³-hybridized carbons (Fsp3) is 0.267. The van der Waals surface area contributed by atoms with Crippen LogP contribution in [0.25, 0.3) is 11.1 Å². The third-order valence-corrected chi connectivity index (χ3v) is 6.44. The summed E-state index contributed by atoms with van der Waals surface area (Å²) in [6.07, 6.45) is 4.52. The fourth-order valence-electron chi connectivity index (χ4n) is 2.03. The summed E-state index contributed by atoms with van der Waals surface area (Å²) in [6.45, 7) is 0.257. The van der Waals surface area contributed by atoms with Gasteiger partial charge >= 0.3 is 0 Å². The summed E-state index contributed by atoms with van der Waals surface area (Å²) in [6, 6.07) is 11.6. The van der Waals surface area contributed by atoms with Crippen LogP contribution in [-0.2, 0) is 16.6 Å². The number of alkyl halides is 1. The molecule has 1 heterocycles. The maximum Gasteiger partial charge on any atom is 0.231 e. The molecule has 110 valence electrons. The van der Waals surface area contributed by atoms with Gasteiger partial charge in [0.25, 0.3) is 0 Å². The van der Waals surface area contributed by atoms with Crippen LogP contribution in [0.1, 0.15) is 18.4 Å². The molecule has 1 aromatic heterocycles. The predicted molar refractivity (Wildman–Crippen MR) is 83.3 cm³/mol. The normalized spacial score (nSPS) is 16.6. The van der Waals surface area contributed by atoms with Crippen LogP contribution < -0.4 is 4.72 Å². The van der Waals surface area contributed by atoms with E-state index in [0.717, 1.165) is 16.7 Å².